The lowest BCUT2D eigenvalue weighted by molar-refractivity contribution is -0.136. The fourth-order valence-corrected chi connectivity index (χ4v) is 2.98. The summed E-state index contributed by atoms with van der Waals surface area (Å²) in [7, 11) is 0. The number of pyridine rings is 1. The minimum atomic E-state index is -4.70. The summed E-state index contributed by atoms with van der Waals surface area (Å²) in [6.07, 6.45) is 0.761. The van der Waals surface area contributed by atoms with Gasteiger partial charge in [-0.3, -0.25) is 9.20 Å². The van der Waals surface area contributed by atoms with Gasteiger partial charge in [-0.2, -0.15) is 13.2 Å². The number of carbonyl (C=O) groups excluding carboxylic acids is 1. The molecule has 0 aliphatic heterocycles. The van der Waals surface area contributed by atoms with Crippen LogP contribution >= 0.6 is 11.6 Å². The molecule has 0 aliphatic carbocycles. The largest absolute Gasteiger partial charge is 0.472 e. The van der Waals surface area contributed by atoms with E-state index in [0.29, 0.717) is 11.3 Å². The second-order valence-electron chi connectivity index (χ2n) is 5.86. The topological polar surface area (TPSA) is 72.7 Å². The third-order valence-electron chi connectivity index (χ3n) is 4.04. The summed E-state index contributed by atoms with van der Waals surface area (Å²) >= 11 is 6.19. The molecule has 0 aliphatic rings. The van der Waals surface area contributed by atoms with Gasteiger partial charge < -0.3 is 14.2 Å². The third-order valence-corrected chi connectivity index (χ3v) is 4.40. The van der Waals surface area contributed by atoms with Crippen molar-refractivity contribution in [2.75, 3.05) is 0 Å². The molecule has 4 rings (SSSR count). The van der Waals surface area contributed by atoms with E-state index in [9.17, 15) is 18.0 Å². The van der Waals surface area contributed by atoms with Crippen LogP contribution in [-0.4, -0.2) is 15.3 Å². The molecule has 0 spiro atoms. The lowest BCUT2D eigenvalue weighted by Gasteiger charge is -2.10. The van der Waals surface area contributed by atoms with Gasteiger partial charge in [0.15, 0.2) is 11.3 Å². The van der Waals surface area contributed by atoms with E-state index < -0.39 is 23.3 Å². The molecular weight excluding hydrogens is 399 g/mol. The number of aromatic nitrogens is 2. The van der Waals surface area contributed by atoms with Crippen molar-refractivity contribution in [2.24, 2.45) is 0 Å². The summed E-state index contributed by atoms with van der Waals surface area (Å²) in [4.78, 5) is 16.2. The molecule has 0 saturated carbocycles. The fourth-order valence-electron chi connectivity index (χ4n) is 2.72. The van der Waals surface area contributed by atoms with Crippen LogP contribution in [0.5, 0.6) is 0 Å². The van der Waals surface area contributed by atoms with Gasteiger partial charge in [0.2, 0.25) is 0 Å². The van der Waals surface area contributed by atoms with Crippen LogP contribution in [0, 0.1) is 0 Å². The van der Waals surface area contributed by atoms with Crippen molar-refractivity contribution in [1.29, 1.82) is 0 Å². The van der Waals surface area contributed by atoms with Crippen LogP contribution in [0.4, 0.5) is 13.2 Å². The molecule has 6 nitrogen and oxygen atoms in total. The van der Waals surface area contributed by atoms with Crippen molar-refractivity contribution in [3.05, 3.63) is 71.4 Å². The first-order chi connectivity index (χ1) is 13.3. The van der Waals surface area contributed by atoms with Crippen LogP contribution in [0.1, 0.15) is 21.8 Å². The van der Waals surface area contributed by atoms with E-state index in [2.05, 4.69) is 10.3 Å². The number of halogens is 4. The predicted octanol–water partition coefficient (Wildman–Crippen LogP) is 4.79. The highest BCUT2D eigenvalue weighted by Gasteiger charge is 2.36. The second kappa shape index (κ2) is 6.75. The maximum absolute atomic E-state index is 13.6. The molecule has 10 heteroatoms. The second-order valence-corrected chi connectivity index (χ2v) is 6.22. The number of nitrogens with zero attached hydrogens (tertiary/aromatic N) is 2. The first kappa shape index (κ1) is 18.2. The number of imidazole rings is 1. The summed E-state index contributed by atoms with van der Waals surface area (Å²) in [5, 5.41) is 2.28. The number of hydrogen-bond donors (Lipinski definition) is 1. The van der Waals surface area contributed by atoms with E-state index in [4.69, 9.17) is 20.4 Å². The fraction of sp³-hybridized carbons (Fsp3) is 0.111. The van der Waals surface area contributed by atoms with E-state index in [1.165, 1.54) is 31.1 Å². The van der Waals surface area contributed by atoms with E-state index in [1.54, 1.807) is 12.1 Å². The highest BCUT2D eigenvalue weighted by atomic mass is 35.5. The SMILES string of the molecule is O=C(NCc1ccco1)c1nc2c(C(F)(F)F)cc(-c3ccoc3)cn2c1Cl. The Morgan fingerprint density at radius 2 is 2.07 bits per heavy atom. The number of fused-ring (bicyclic) bond motifs is 1. The average molecular weight is 410 g/mol. The molecule has 0 fully saturated rings. The maximum atomic E-state index is 13.6. The molecule has 0 atom stereocenters. The van der Waals surface area contributed by atoms with Gasteiger partial charge in [0.1, 0.15) is 10.9 Å². The smallest absolute Gasteiger partial charge is 0.420 e. The minimum absolute atomic E-state index is 0.0441. The Morgan fingerprint density at radius 1 is 1.25 bits per heavy atom. The molecular formula is C18H11ClF3N3O3. The van der Waals surface area contributed by atoms with Crippen LogP contribution in [-0.2, 0) is 12.7 Å². The molecule has 0 bridgehead atoms. The minimum Gasteiger partial charge on any atom is -0.472 e. The van der Waals surface area contributed by atoms with Crippen molar-refractivity contribution in [3.63, 3.8) is 0 Å². The van der Waals surface area contributed by atoms with E-state index >= 15 is 0 Å². The first-order valence-electron chi connectivity index (χ1n) is 7.96. The molecule has 0 radical (unpaired) electrons. The number of furan rings is 2. The molecule has 1 N–H and O–H groups in total. The average Bonchev–Trinajstić information content (AvgIpc) is 3.40. The number of amides is 1. The number of nitrogens with one attached hydrogen (secondary N) is 1. The number of rotatable bonds is 4. The summed E-state index contributed by atoms with van der Waals surface area (Å²) in [5.41, 5.74) is -1.15. The molecule has 0 unspecified atom stereocenters. The third kappa shape index (κ3) is 3.24. The summed E-state index contributed by atoms with van der Waals surface area (Å²) in [6.45, 7) is 0.0441. The summed E-state index contributed by atoms with van der Waals surface area (Å²) < 4.78 is 51.8. The monoisotopic (exact) mass is 409 g/mol. The van der Waals surface area contributed by atoms with Crippen LogP contribution in [0.15, 0.2) is 58.1 Å². The van der Waals surface area contributed by atoms with E-state index in [1.807, 2.05) is 0 Å². The van der Waals surface area contributed by atoms with Crippen LogP contribution < -0.4 is 5.32 Å². The van der Waals surface area contributed by atoms with Crippen LogP contribution in [0.3, 0.4) is 0 Å². The Morgan fingerprint density at radius 3 is 2.71 bits per heavy atom. The van der Waals surface area contributed by atoms with Crippen molar-refractivity contribution in [1.82, 2.24) is 14.7 Å². The first-order valence-corrected chi connectivity index (χ1v) is 8.34. The summed E-state index contributed by atoms with van der Waals surface area (Å²) in [6, 6.07) is 5.74. The van der Waals surface area contributed by atoms with Gasteiger partial charge in [-0.25, -0.2) is 4.98 Å². The van der Waals surface area contributed by atoms with Gasteiger partial charge in [0.25, 0.3) is 5.91 Å². The highest BCUT2D eigenvalue weighted by molar-refractivity contribution is 6.33. The molecule has 28 heavy (non-hydrogen) atoms. The quantitative estimate of drug-likeness (QED) is 0.526. The summed E-state index contributed by atoms with van der Waals surface area (Å²) in [5.74, 6) is -0.241. The zero-order valence-electron chi connectivity index (χ0n) is 14.0. The number of hydrogen-bond acceptors (Lipinski definition) is 4. The highest BCUT2D eigenvalue weighted by Crippen LogP contribution is 2.37. The Labute approximate surface area is 160 Å². The number of alkyl halides is 3. The Kier molecular flexibility index (Phi) is 4.38. The zero-order chi connectivity index (χ0) is 19.9. The molecule has 4 aromatic rings. The zero-order valence-corrected chi connectivity index (χ0v) is 14.7. The molecule has 0 aromatic carbocycles. The van der Waals surface area contributed by atoms with E-state index in [0.717, 1.165) is 10.5 Å². The maximum Gasteiger partial charge on any atom is 0.420 e. The molecule has 0 saturated heterocycles. The van der Waals surface area contributed by atoms with Gasteiger partial charge >= 0.3 is 6.18 Å². The van der Waals surface area contributed by atoms with Gasteiger partial charge in [-0.15, -0.1) is 0 Å². The molecule has 1 amide bonds. The Balaban J connectivity index is 1.79. The van der Waals surface area contributed by atoms with Gasteiger partial charge in [0, 0.05) is 17.3 Å². The molecule has 4 heterocycles. The lowest BCUT2D eigenvalue weighted by atomic mass is 10.1. The standard InChI is InChI=1S/C18H11ClF3N3O3/c19-15-14(17(26)23-7-12-2-1-4-28-12)24-16-13(18(20,21)22)6-11(8-25(15)16)10-3-5-27-9-10/h1-6,8-9H,7H2,(H,23,26). The van der Waals surface area contributed by atoms with Crippen LogP contribution in [0.25, 0.3) is 16.8 Å². The Hall–Kier alpha value is -3.20. The van der Waals surface area contributed by atoms with E-state index in [-0.39, 0.29) is 23.0 Å². The molecule has 144 valence electrons. The van der Waals surface area contributed by atoms with Gasteiger partial charge in [-0.1, -0.05) is 11.6 Å². The van der Waals surface area contributed by atoms with Crippen molar-refractivity contribution >= 4 is 23.2 Å². The van der Waals surface area contributed by atoms with Gasteiger partial charge in [0.05, 0.1) is 30.9 Å². The lowest BCUT2D eigenvalue weighted by Crippen LogP contribution is -2.23. The van der Waals surface area contributed by atoms with Crippen LogP contribution in [0.2, 0.25) is 5.15 Å². The van der Waals surface area contributed by atoms with Crippen molar-refractivity contribution in [2.45, 2.75) is 12.7 Å². The van der Waals surface area contributed by atoms with Crippen molar-refractivity contribution < 1.29 is 26.8 Å². The Bertz CT molecular complexity index is 1130. The number of carbonyl (C=O) groups is 1. The normalized spacial score (nSPS) is 11.9. The molecule has 4 aromatic heterocycles. The predicted molar refractivity (Wildman–Crippen MR) is 92.8 cm³/mol. The van der Waals surface area contributed by atoms with Gasteiger partial charge in [-0.05, 0) is 24.3 Å². The van der Waals surface area contributed by atoms with Crippen molar-refractivity contribution in [3.8, 4) is 11.1 Å².